The molecule has 0 saturated heterocycles. The van der Waals surface area contributed by atoms with Crippen molar-refractivity contribution < 1.29 is 4.74 Å². The van der Waals surface area contributed by atoms with Crippen LogP contribution < -0.4 is 0 Å². The predicted octanol–water partition coefficient (Wildman–Crippen LogP) is 3.94. The summed E-state index contributed by atoms with van der Waals surface area (Å²) in [5.74, 6) is 0. The molecular formula is C17H16O. The smallest absolute Gasteiger partial charge is 0.0731 e. The van der Waals surface area contributed by atoms with Crippen LogP contribution in [0.25, 0.3) is 11.1 Å². The van der Waals surface area contributed by atoms with Crippen LogP contribution in [0.1, 0.15) is 16.7 Å². The second-order valence-electron chi connectivity index (χ2n) is 4.68. The number of hydrogen-bond donors (Lipinski definition) is 0. The highest BCUT2D eigenvalue weighted by molar-refractivity contribution is 5.93. The van der Waals surface area contributed by atoms with Crippen LogP contribution in [0.3, 0.4) is 0 Å². The van der Waals surface area contributed by atoms with E-state index in [0.717, 1.165) is 0 Å². The summed E-state index contributed by atoms with van der Waals surface area (Å²) < 4.78 is 5.63. The van der Waals surface area contributed by atoms with Crippen molar-refractivity contribution in [2.75, 3.05) is 13.2 Å². The van der Waals surface area contributed by atoms with E-state index in [-0.39, 0.29) is 0 Å². The van der Waals surface area contributed by atoms with E-state index in [0.29, 0.717) is 13.2 Å². The zero-order valence-electron chi connectivity index (χ0n) is 10.5. The van der Waals surface area contributed by atoms with Gasteiger partial charge in [0.2, 0.25) is 0 Å². The van der Waals surface area contributed by atoms with Crippen molar-refractivity contribution >= 4 is 11.1 Å². The van der Waals surface area contributed by atoms with Crippen molar-refractivity contribution in [1.29, 1.82) is 0 Å². The highest BCUT2D eigenvalue weighted by Gasteiger charge is 2.17. The standard InChI is InChI=1S/C17H16O/c1-13-7-9-15(10-8-13)17-12-18-11-16(17)14-5-3-2-4-6-14/h2-10H,11-12H2,1H3. The van der Waals surface area contributed by atoms with Crippen LogP contribution in [0.5, 0.6) is 0 Å². The molecule has 1 heterocycles. The number of ether oxygens (including phenoxy) is 1. The van der Waals surface area contributed by atoms with E-state index in [1.54, 1.807) is 0 Å². The third kappa shape index (κ3) is 2.09. The van der Waals surface area contributed by atoms with Gasteiger partial charge in [0.05, 0.1) is 13.2 Å². The van der Waals surface area contributed by atoms with E-state index in [9.17, 15) is 0 Å². The van der Waals surface area contributed by atoms with Crippen LogP contribution in [-0.2, 0) is 4.74 Å². The van der Waals surface area contributed by atoms with Gasteiger partial charge in [-0.1, -0.05) is 60.2 Å². The van der Waals surface area contributed by atoms with E-state index < -0.39 is 0 Å². The Balaban J connectivity index is 2.06. The first-order valence-electron chi connectivity index (χ1n) is 6.27. The van der Waals surface area contributed by atoms with E-state index in [1.807, 2.05) is 6.07 Å². The summed E-state index contributed by atoms with van der Waals surface area (Å²) in [4.78, 5) is 0. The van der Waals surface area contributed by atoms with Crippen molar-refractivity contribution in [1.82, 2.24) is 0 Å². The monoisotopic (exact) mass is 236 g/mol. The highest BCUT2D eigenvalue weighted by atomic mass is 16.5. The molecule has 0 amide bonds. The van der Waals surface area contributed by atoms with Crippen LogP contribution in [-0.4, -0.2) is 13.2 Å². The quantitative estimate of drug-likeness (QED) is 0.767. The van der Waals surface area contributed by atoms with Crippen LogP contribution in [0.2, 0.25) is 0 Å². The average molecular weight is 236 g/mol. The van der Waals surface area contributed by atoms with Crippen molar-refractivity contribution in [3.05, 3.63) is 71.3 Å². The molecule has 18 heavy (non-hydrogen) atoms. The van der Waals surface area contributed by atoms with Crippen molar-refractivity contribution in [2.45, 2.75) is 6.92 Å². The van der Waals surface area contributed by atoms with Gasteiger partial charge in [0.1, 0.15) is 0 Å². The van der Waals surface area contributed by atoms with Crippen LogP contribution >= 0.6 is 0 Å². The van der Waals surface area contributed by atoms with Gasteiger partial charge in [0.25, 0.3) is 0 Å². The fourth-order valence-corrected chi connectivity index (χ4v) is 2.34. The Morgan fingerprint density at radius 3 is 1.89 bits per heavy atom. The normalized spacial score (nSPS) is 15.2. The zero-order valence-corrected chi connectivity index (χ0v) is 10.5. The predicted molar refractivity (Wildman–Crippen MR) is 75.3 cm³/mol. The van der Waals surface area contributed by atoms with Crippen LogP contribution in [0, 0.1) is 6.92 Å². The molecule has 0 aliphatic carbocycles. The van der Waals surface area contributed by atoms with Crippen molar-refractivity contribution in [2.24, 2.45) is 0 Å². The largest absolute Gasteiger partial charge is 0.372 e. The second-order valence-corrected chi connectivity index (χ2v) is 4.68. The lowest BCUT2D eigenvalue weighted by atomic mass is 9.96. The number of hydrogen-bond acceptors (Lipinski definition) is 1. The molecule has 0 aromatic heterocycles. The minimum Gasteiger partial charge on any atom is -0.372 e. The Kier molecular flexibility index (Phi) is 2.99. The van der Waals surface area contributed by atoms with Crippen molar-refractivity contribution in [3.63, 3.8) is 0 Å². The van der Waals surface area contributed by atoms with Crippen LogP contribution in [0.15, 0.2) is 54.6 Å². The molecule has 1 nitrogen and oxygen atoms in total. The van der Waals surface area contributed by atoms with Gasteiger partial charge in [-0.2, -0.15) is 0 Å². The van der Waals surface area contributed by atoms with Gasteiger partial charge in [-0.15, -0.1) is 0 Å². The topological polar surface area (TPSA) is 9.23 Å². The molecule has 1 heteroatoms. The Labute approximate surface area is 108 Å². The van der Waals surface area contributed by atoms with E-state index in [2.05, 4.69) is 55.5 Å². The maximum atomic E-state index is 5.63. The molecule has 90 valence electrons. The third-order valence-corrected chi connectivity index (χ3v) is 3.38. The number of rotatable bonds is 2. The fourth-order valence-electron chi connectivity index (χ4n) is 2.34. The summed E-state index contributed by atoms with van der Waals surface area (Å²) >= 11 is 0. The number of benzene rings is 2. The Morgan fingerprint density at radius 2 is 1.28 bits per heavy atom. The Bertz CT molecular complexity index is 564. The lowest BCUT2D eigenvalue weighted by Crippen LogP contribution is -1.89. The molecule has 1 aliphatic heterocycles. The lowest BCUT2D eigenvalue weighted by molar-refractivity contribution is 0.219. The minimum absolute atomic E-state index is 0.715. The van der Waals surface area contributed by atoms with Gasteiger partial charge in [0.15, 0.2) is 0 Å². The van der Waals surface area contributed by atoms with E-state index in [1.165, 1.54) is 27.8 Å². The molecule has 3 rings (SSSR count). The van der Waals surface area contributed by atoms with Crippen LogP contribution in [0.4, 0.5) is 0 Å². The molecule has 1 aliphatic rings. The molecule has 0 saturated carbocycles. The molecule has 0 radical (unpaired) electrons. The zero-order chi connectivity index (χ0) is 12.4. The first kappa shape index (κ1) is 11.2. The molecule has 0 N–H and O–H groups in total. The fraction of sp³-hybridized carbons (Fsp3) is 0.176. The van der Waals surface area contributed by atoms with Crippen molar-refractivity contribution in [3.8, 4) is 0 Å². The lowest BCUT2D eigenvalue weighted by Gasteiger charge is -2.06. The van der Waals surface area contributed by atoms with Gasteiger partial charge in [0, 0.05) is 0 Å². The summed E-state index contributed by atoms with van der Waals surface area (Å²) in [5, 5.41) is 0. The van der Waals surface area contributed by atoms with Gasteiger partial charge in [-0.05, 0) is 29.2 Å². The summed E-state index contributed by atoms with van der Waals surface area (Å²) in [6.45, 7) is 3.54. The minimum atomic E-state index is 0.715. The molecule has 0 unspecified atom stereocenters. The maximum Gasteiger partial charge on any atom is 0.0731 e. The van der Waals surface area contributed by atoms with E-state index >= 15 is 0 Å². The highest BCUT2D eigenvalue weighted by Crippen LogP contribution is 2.31. The Hall–Kier alpha value is -1.86. The average Bonchev–Trinajstić information content (AvgIpc) is 2.90. The SMILES string of the molecule is Cc1ccc(C2=C(c3ccccc3)COC2)cc1. The third-order valence-electron chi connectivity index (χ3n) is 3.38. The van der Waals surface area contributed by atoms with E-state index in [4.69, 9.17) is 4.74 Å². The summed E-state index contributed by atoms with van der Waals surface area (Å²) in [7, 11) is 0. The molecule has 0 fully saturated rings. The van der Waals surface area contributed by atoms with Gasteiger partial charge in [-0.3, -0.25) is 0 Å². The number of aryl methyl sites for hydroxylation is 1. The summed E-state index contributed by atoms with van der Waals surface area (Å²) in [5.41, 5.74) is 6.47. The first-order valence-corrected chi connectivity index (χ1v) is 6.27. The molecule has 2 aromatic rings. The summed E-state index contributed by atoms with van der Waals surface area (Å²) in [6.07, 6.45) is 0. The second kappa shape index (κ2) is 4.79. The molecule has 0 atom stereocenters. The van der Waals surface area contributed by atoms with Gasteiger partial charge >= 0.3 is 0 Å². The maximum absolute atomic E-state index is 5.63. The molecule has 0 spiro atoms. The van der Waals surface area contributed by atoms with Gasteiger partial charge < -0.3 is 4.74 Å². The Morgan fingerprint density at radius 1 is 0.722 bits per heavy atom. The van der Waals surface area contributed by atoms with Gasteiger partial charge in [-0.25, -0.2) is 0 Å². The summed E-state index contributed by atoms with van der Waals surface area (Å²) in [6, 6.07) is 19.2. The first-order chi connectivity index (χ1) is 8.84. The molecule has 0 bridgehead atoms. The molecule has 2 aromatic carbocycles. The molecular weight excluding hydrogens is 220 g/mol.